The van der Waals surface area contributed by atoms with Gasteiger partial charge in [0.2, 0.25) is 5.91 Å². The molecule has 1 unspecified atom stereocenters. The number of hydrogen-bond donors (Lipinski definition) is 1. The molecule has 6 nitrogen and oxygen atoms in total. The van der Waals surface area contributed by atoms with E-state index in [9.17, 15) is 9.59 Å². The summed E-state index contributed by atoms with van der Waals surface area (Å²) in [7, 11) is 0. The van der Waals surface area contributed by atoms with Crippen molar-refractivity contribution in [2.24, 2.45) is 0 Å². The van der Waals surface area contributed by atoms with Crippen molar-refractivity contribution in [1.29, 1.82) is 5.26 Å². The summed E-state index contributed by atoms with van der Waals surface area (Å²) in [6.07, 6.45) is 1.73. The summed E-state index contributed by atoms with van der Waals surface area (Å²) < 4.78 is 5.67. The number of rotatable bonds is 6. The lowest BCUT2D eigenvalue weighted by Crippen LogP contribution is -2.42. The lowest BCUT2D eigenvalue weighted by molar-refractivity contribution is -0.117. The largest absolute Gasteiger partial charge is 0.376 e. The number of hydrogen-bond acceptors (Lipinski definition) is 4. The van der Waals surface area contributed by atoms with Crippen molar-refractivity contribution in [3.05, 3.63) is 64.7 Å². The average Bonchev–Trinajstić information content (AvgIpc) is 3.23. The fraction of sp³-hybridized carbons (Fsp3) is 0.348. The number of aryl methyl sites for hydroxylation is 1. The maximum atomic E-state index is 13.1. The van der Waals surface area contributed by atoms with Gasteiger partial charge in [0.25, 0.3) is 5.91 Å². The minimum atomic E-state index is -0.284. The monoisotopic (exact) mass is 391 g/mol. The molecular formula is C23H25N3O3. The molecule has 0 spiro atoms. The first-order chi connectivity index (χ1) is 14.0. The van der Waals surface area contributed by atoms with Crippen LogP contribution < -0.4 is 5.32 Å². The molecule has 0 saturated carbocycles. The zero-order valence-corrected chi connectivity index (χ0v) is 16.8. The molecule has 0 aromatic heterocycles. The minimum Gasteiger partial charge on any atom is -0.376 e. The van der Waals surface area contributed by atoms with Crippen LogP contribution in [0.4, 0.5) is 5.69 Å². The van der Waals surface area contributed by atoms with E-state index in [0.29, 0.717) is 24.3 Å². The van der Waals surface area contributed by atoms with E-state index in [1.54, 1.807) is 24.3 Å². The lowest BCUT2D eigenvalue weighted by Gasteiger charge is -2.25. The molecule has 2 aromatic rings. The van der Waals surface area contributed by atoms with Crippen LogP contribution >= 0.6 is 0 Å². The molecular weight excluding hydrogens is 366 g/mol. The van der Waals surface area contributed by atoms with Crippen molar-refractivity contribution < 1.29 is 14.3 Å². The first kappa shape index (κ1) is 20.6. The Morgan fingerprint density at radius 1 is 1.24 bits per heavy atom. The normalized spacial score (nSPS) is 15.6. The van der Waals surface area contributed by atoms with Crippen LogP contribution in [-0.2, 0) is 9.53 Å². The van der Waals surface area contributed by atoms with Crippen LogP contribution in [0.1, 0.15) is 39.9 Å². The highest BCUT2D eigenvalue weighted by molar-refractivity contribution is 5.99. The molecule has 1 fully saturated rings. The van der Waals surface area contributed by atoms with Gasteiger partial charge < -0.3 is 15.0 Å². The quantitative estimate of drug-likeness (QED) is 0.818. The first-order valence-electron chi connectivity index (χ1n) is 9.75. The maximum Gasteiger partial charge on any atom is 0.254 e. The Kier molecular flexibility index (Phi) is 6.63. The third kappa shape index (κ3) is 5.21. The minimum absolute atomic E-state index is 0.0772. The molecule has 2 amide bonds. The summed E-state index contributed by atoms with van der Waals surface area (Å²) >= 11 is 0. The van der Waals surface area contributed by atoms with Gasteiger partial charge >= 0.3 is 0 Å². The number of amides is 2. The summed E-state index contributed by atoms with van der Waals surface area (Å²) in [5.41, 5.74) is 3.63. The highest BCUT2D eigenvalue weighted by Gasteiger charge is 2.25. The maximum absolute atomic E-state index is 13.1. The number of nitriles is 1. The zero-order chi connectivity index (χ0) is 20.8. The topological polar surface area (TPSA) is 82.4 Å². The van der Waals surface area contributed by atoms with Crippen molar-refractivity contribution in [2.45, 2.75) is 32.8 Å². The van der Waals surface area contributed by atoms with E-state index < -0.39 is 0 Å². The Morgan fingerprint density at radius 2 is 2.03 bits per heavy atom. The number of nitrogens with zero attached hydrogens (tertiary/aromatic N) is 2. The van der Waals surface area contributed by atoms with Crippen LogP contribution in [0.3, 0.4) is 0 Å². The number of carbonyl (C=O) groups is 2. The Hall–Kier alpha value is -3.17. The van der Waals surface area contributed by atoms with E-state index in [1.807, 2.05) is 38.1 Å². The second-order valence-electron chi connectivity index (χ2n) is 7.31. The van der Waals surface area contributed by atoms with Gasteiger partial charge in [-0.3, -0.25) is 9.59 Å². The number of ether oxygens (including phenoxy) is 1. The molecule has 0 bridgehead atoms. The predicted molar refractivity (Wildman–Crippen MR) is 111 cm³/mol. The van der Waals surface area contributed by atoms with Gasteiger partial charge in [-0.25, -0.2) is 0 Å². The molecule has 1 heterocycles. The van der Waals surface area contributed by atoms with Gasteiger partial charge in [0, 0.05) is 24.4 Å². The molecule has 0 radical (unpaired) electrons. The molecule has 2 aromatic carbocycles. The molecule has 29 heavy (non-hydrogen) atoms. The molecule has 150 valence electrons. The van der Waals surface area contributed by atoms with Gasteiger partial charge in [0.15, 0.2) is 0 Å². The average molecular weight is 391 g/mol. The van der Waals surface area contributed by atoms with E-state index in [2.05, 4.69) is 5.32 Å². The standard InChI is InChI=1S/C23H25N3O3/c1-16-6-3-10-21(17(16)2)25-22(27)15-26(14-20-9-5-11-29-20)23(28)19-8-4-7-18(12-19)13-24/h3-4,6-8,10,12,20H,5,9,11,14-15H2,1-2H3,(H,25,27). The van der Waals surface area contributed by atoms with Gasteiger partial charge in [-0.15, -0.1) is 0 Å². The third-order valence-electron chi connectivity index (χ3n) is 5.19. The van der Waals surface area contributed by atoms with Crippen LogP contribution in [0.25, 0.3) is 0 Å². The second-order valence-corrected chi connectivity index (χ2v) is 7.31. The van der Waals surface area contributed by atoms with Gasteiger partial charge in [0.05, 0.1) is 17.7 Å². The van der Waals surface area contributed by atoms with E-state index in [-0.39, 0.29) is 24.5 Å². The predicted octanol–water partition coefficient (Wildman–Crippen LogP) is 3.44. The van der Waals surface area contributed by atoms with Gasteiger partial charge in [-0.1, -0.05) is 18.2 Å². The molecule has 6 heteroatoms. The number of nitrogens with one attached hydrogen (secondary N) is 1. The second kappa shape index (κ2) is 9.35. The van der Waals surface area contributed by atoms with Crippen molar-refractivity contribution in [1.82, 2.24) is 4.90 Å². The third-order valence-corrected chi connectivity index (χ3v) is 5.19. The lowest BCUT2D eigenvalue weighted by atomic mass is 10.1. The first-order valence-corrected chi connectivity index (χ1v) is 9.75. The van der Waals surface area contributed by atoms with Crippen LogP contribution in [0.5, 0.6) is 0 Å². The van der Waals surface area contributed by atoms with Crippen LogP contribution in [-0.4, -0.2) is 42.5 Å². The number of benzene rings is 2. The summed E-state index contributed by atoms with van der Waals surface area (Å²) in [6.45, 7) is 4.87. The highest BCUT2D eigenvalue weighted by Crippen LogP contribution is 2.19. The summed E-state index contributed by atoms with van der Waals surface area (Å²) in [6, 6.07) is 14.3. The zero-order valence-electron chi connectivity index (χ0n) is 16.8. The molecule has 1 atom stereocenters. The van der Waals surface area contributed by atoms with Crippen LogP contribution in [0.15, 0.2) is 42.5 Å². The van der Waals surface area contributed by atoms with Gasteiger partial charge in [-0.2, -0.15) is 5.26 Å². The van der Waals surface area contributed by atoms with Crippen molar-refractivity contribution in [3.63, 3.8) is 0 Å². The van der Waals surface area contributed by atoms with E-state index >= 15 is 0 Å². The van der Waals surface area contributed by atoms with Gasteiger partial charge in [-0.05, 0) is 62.1 Å². The molecule has 1 aliphatic heterocycles. The molecule has 0 aliphatic carbocycles. The SMILES string of the molecule is Cc1cccc(NC(=O)CN(CC2CCCO2)C(=O)c2cccc(C#N)c2)c1C. The van der Waals surface area contributed by atoms with E-state index in [1.165, 1.54) is 4.90 Å². The Morgan fingerprint density at radius 3 is 2.76 bits per heavy atom. The Labute approximate surface area is 171 Å². The molecule has 1 N–H and O–H groups in total. The highest BCUT2D eigenvalue weighted by atomic mass is 16.5. The van der Waals surface area contributed by atoms with E-state index in [0.717, 1.165) is 29.7 Å². The Balaban J connectivity index is 1.77. The van der Waals surface area contributed by atoms with Crippen molar-refractivity contribution in [3.8, 4) is 6.07 Å². The summed E-state index contributed by atoms with van der Waals surface area (Å²) in [5.74, 6) is -0.546. The number of carbonyl (C=O) groups excluding carboxylic acids is 2. The molecule has 1 saturated heterocycles. The summed E-state index contributed by atoms with van der Waals surface area (Å²) in [4.78, 5) is 27.3. The fourth-order valence-electron chi connectivity index (χ4n) is 3.41. The number of anilines is 1. The summed E-state index contributed by atoms with van der Waals surface area (Å²) in [5, 5.41) is 12.0. The Bertz CT molecular complexity index is 943. The van der Waals surface area contributed by atoms with Crippen molar-refractivity contribution >= 4 is 17.5 Å². The smallest absolute Gasteiger partial charge is 0.254 e. The van der Waals surface area contributed by atoms with Crippen molar-refractivity contribution in [2.75, 3.05) is 25.0 Å². The van der Waals surface area contributed by atoms with Crippen LogP contribution in [0.2, 0.25) is 0 Å². The van der Waals surface area contributed by atoms with E-state index in [4.69, 9.17) is 10.00 Å². The molecule has 1 aliphatic rings. The van der Waals surface area contributed by atoms with Gasteiger partial charge in [0.1, 0.15) is 6.54 Å². The molecule has 3 rings (SSSR count). The van der Waals surface area contributed by atoms with Crippen LogP contribution in [0, 0.1) is 25.2 Å². The fourth-order valence-corrected chi connectivity index (χ4v) is 3.41.